The topological polar surface area (TPSA) is 16.1 Å². The fraction of sp³-hybridized carbons (Fsp3) is 0.267. The molecule has 94 valence electrons. The molecule has 0 saturated carbocycles. The van der Waals surface area contributed by atoms with Crippen molar-refractivity contribution in [2.75, 3.05) is 19.0 Å². The molecular weight excluding hydrogens is 244 g/mol. The summed E-state index contributed by atoms with van der Waals surface area (Å²) in [6.07, 6.45) is 1.06. The lowest BCUT2D eigenvalue weighted by Crippen LogP contribution is -2.10. The molecule has 0 aliphatic rings. The van der Waals surface area contributed by atoms with Gasteiger partial charge in [-0.05, 0) is 35.2 Å². The molecule has 2 aromatic rings. The minimum atomic E-state index is 0.524. The summed E-state index contributed by atoms with van der Waals surface area (Å²) in [5.41, 5.74) is 3.60. The van der Waals surface area contributed by atoms with Crippen LogP contribution in [-0.2, 0) is 6.42 Å². The third-order valence-electron chi connectivity index (χ3n) is 2.93. The summed E-state index contributed by atoms with van der Waals surface area (Å²) < 4.78 is 0. The third kappa shape index (κ3) is 2.82. The Hall–Kier alpha value is -1.54. The van der Waals surface area contributed by atoms with Crippen LogP contribution < -0.4 is 4.90 Å². The van der Waals surface area contributed by atoms with Gasteiger partial charge in [0.15, 0.2) is 0 Å². The van der Waals surface area contributed by atoms with Gasteiger partial charge in [0.1, 0.15) is 11.0 Å². The van der Waals surface area contributed by atoms with Crippen LogP contribution in [0.1, 0.15) is 12.5 Å². The molecule has 3 heteroatoms. The quantitative estimate of drug-likeness (QED) is 0.775. The van der Waals surface area contributed by atoms with Crippen molar-refractivity contribution >= 4 is 17.4 Å². The predicted octanol–water partition coefficient (Wildman–Crippen LogP) is 4.03. The number of nitrogens with zero attached hydrogens (tertiary/aromatic N) is 2. The first kappa shape index (κ1) is 12.9. The summed E-state index contributed by atoms with van der Waals surface area (Å²) in [7, 11) is 3.92. The zero-order valence-electron chi connectivity index (χ0n) is 10.9. The van der Waals surface area contributed by atoms with Crippen LogP contribution in [0.25, 0.3) is 11.1 Å². The Labute approximate surface area is 113 Å². The maximum atomic E-state index is 6.06. The lowest BCUT2D eigenvalue weighted by Gasteiger charge is -2.13. The molecule has 0 aliphatic carbocycles. The molecule has 0 N–H and O–H groups in total. The number of anilines is 1. The number of hydrogen-bond acceptors (Lipinski definition) is 2. The molecule has 0 spiro atoms. The lowest BCUT2D eigenvalue weighted by atomic mass is 10.0. The van der Waals surface area contributed by atoms with Gasteiger partial charge in [0.2, 0.25) is 0 Å². The van der Waals surface area contributed by atoms with Crippen LogP contribution >= 0.6 is 11.6 Å². The summed E-state index contributed by atoms with van der Waals surface area (Å²) in [6.45, 7) is 2.16. The first-order valence-corrected chi connectivity index (χ1v) is 6.42. The van der Waals surface area contributed by atoms with E-state index in [1.54, 1.807) is 0 Å². The molecule has 0 fully saturated rings. The van der Waals surface area contributed by atoms with Gasteiger partial charge in [-0.2, -0.15) is 0 Å². The van der Waals surface area contributed by atoms with Gasteiger partial charge < -0.3 is 4.90 Å². The Morgan fingerprint density at radius 1 is 1.06 bits per heavy atom. The molecule has 0 amide bonds. The second kappa shape index (κ2) is 5.40. The lowest BCUT2D eigenvalue weighted by molar-refractivity contribution is 1.07. The average Bonchev–Trinajstić information content (AvgIpc) is 2.38. The second-order valence-corrected chi connectivity index (χ2v) is 4.87. The van der Waals surface area contributed by atoms with Crippen LogP contribution in [0.5, 0.6) is 0 Å². The Bertz CT molecular complexity index is 533. The minimum absolute atomic E-state index is 0.524. The van der Waals surface area contributed by atoms with Crippen LogP contribution in [0.15, 0.2) is 36.4 Å². The molecule has 0 atom stereocenters. The van der Waals surface area contributed by atoms with Gasteiger partial charge >= 0.3 is 0 Å². The van der Waals surface area contributed by atoms with E-state index in [-0.39, 0.29) is 0 Å². The van der Waals surface area contributed by atoms with Gasteiger partial charge in [-0.1, -0.05) is 42.8 Å². The highest BCUT2D eigenvalue weighted by atomic mass is 35.5. The second-order valence-electron chi connectivity index (χ2n) is 4.48. The molecule has 1 aromatic heterocycles. The van der Waals surface area contributed by atoms with Gasteiger partial charge in [0.05, 0.1) is 0 Å². The molecule has 2 nitrogen and oxygen atoms in total. The van der Waals surface area contributed by atoms with Crippen LogP contribution in [-0.4, -0.2) is 19.1 Å². The fourth-order valence-electron chi connectivity index (χ4n) is 1.81. The Morgan fingerprint density at radius 3 is 2.28 bits per heavy atom. The van der Waals surface area contributed by atoms with Gasteiger partial charge in [-0.25, -0.2) is 4.98 Å². The monoisotopic (exact) mass is 260 g/mol. The maximum Gasteiger partial charge on any atom is 0.132 e. The maximum absolute atomic E-state index is 6.06. The van der Waals surface area contributed by atoms with Gasteiger partial charge in [-0.15, -0.1) is 0 Å². The van der Waals surface area contributed by atoms with Gasteiger partial charge in [-0.3, -0.25) is 0 Å². The molecule has 0 saturated heterocycles. The van der Waals surface area contributed by atoms with Crippen molar-refractivity contribution in [2.24, 2.45) is 0 Å². The van der Waals surface area contributed by atoms with Crippen molar-refractivity contribution in [1.82, 2.24) is 4.98 Å². The number of benzene rings is 1. The average molecular weight is 261 g/mol. The van der Waals surface area contributed by atoms with E-state index in [1.807, 2.05) is 31.1 Å². The molecule has 1 aromatic carbocycles. The number of aromatic nitrogens is 1. The fourth-order valence-corrected chi connectivity index (χ4v) is 2.02. The molecular formula is C15H17ClN2. The van der Waals surface area contributed by atoms with E-state index in [0.29, 0.717) is 5.15 Å². The van der Waals surface area contributed by atoms with Crippen LogP contribution in [0.2, 0.25) is 5.15 Å². The van der Waals surface area contributed by atoms with Crippen LogP contribution in [0, 0.1) is 0 Å². The number of halogens is 1. The summed E-state index contributed by atoms with van der Waals surface area (Å²) >= 11 is 6.06. The molecule has 1 heterocycles. The first-order valence-electron chi connectivity index (χ1n) is 6.04. The third-order valence-corrected chi connectivity index (χ3v) is 3.13. The van der Waals surface area contributed by atoms with Crippen molar-refractivity contribution in [1.29, 1.82) is 0 Å². The minimum Gasteiger partial charge on any atom is -0.363 e. The standard InChI is InChI=1S/C15H17ClN2/c1-4-11-5-7-12(8-6-11)13-9-14(16)17-15(10-13)18(2)3/h5-10H,4H2,1-3H3. The number of aryl methyl sites for hydroxylation is 1. The highest BCUT2D eigenvalue weighted by Gasteiger charge is 2.05. The zero-order chi connectivity index (χ0) is 13.1. The predicted molar refractivity (Wildman–Crippen MR) is 78.4 cm³/mol. The van der Waals surface area contributed by atoms with E-state index in [9.17, 15) is 0 Å². The van der Waals surface area contributed by atoms with Crippen molar-refractivity contribution in [3.63, 3.8) is 0 Å². The van der Waals surface area contributed by atoms with Crippen molar-refractivity contribution in [3.05, 3.63) is 47.1 Å². The molecule has 2 rings (SSSR count). The summed E-state index contributed by atoms with van der Waals surface area (Å²) in [6, 6.07) is 12.5. The Balaban J connectivity index is 2.42. The smallest absolute Gasteiger partial charge is 0.132 e. The van der Waals surface area contributed by atoms with Gasteiger partial charge in [0, 0.05) is 14.1 Å². The van der Waals surface area contributed by atoms with Crippen molar-refractivity contribution in [3.8, 4) is 11.1 Å². The van der Waals surface area contributed by atoms with Crippen molar-refractivity contribution in [2.45, 2.75) is 13.3 Å². The molecule has 18 heavy (non-hydrogen) atoms. The summed E-state index contributed by atoms with van der Waals surface area (Å²) in [5.74, 6) is 0.872. The van der Waals surface area contributed by atoms with E-state index in [0.717, 1.165) is 17.8 Å². The van der Waals surface area contributed by atoms with Gasteiger partial charge in [0.25, 0.3) is 0 Å². The number of pyridine rings is 1. The van der Waals surface area contributed by atoms with E-state index in [4.69, 9.17) is 11.6 Å². The number of rotatable bonds is 3. The van der Waals surface area contributed by atoms with E-state index < -0.39 is 0 Å². The highest BCUT2D eigenvalue weighted by molar-refractivity contribution is 6.29. The largest absolute Gasteiger partial charge is 0.363 e. The normalized spacial score (nSPS) is 10.4. The highest BCUT2D eigenvalue weighted by Crippen LogP contribution is 2.26. The Morgan fingerprint density at radius 2 is 1.72 bits per heavy atom. The first-order chi connectivity index (χ1) is 8.60. The zero-order valence-corrected chi connectivity index (χ0v) is 11.7. The molecule has 0 radical (unpaired) electrons. The molecule has 0 unspecified atom stereocenters. The van der Waals surface area contributed by atoms with E-state index in [1.165, 1.54) is 11.1 Å². The number of hydrogen-bond donors (Lipinski definition) is 0. The summed E-state index contributed by atoms with van der Waals surface area (Å²) in [5, 5.41) is 0.524. The molecule has 0 bridgehead atoms. The molecule has 0 aliphatic heterocycles. The Kier molecular flexibility index (Phi) is 3.87. The van der Waals surface area contributed by atoms with Crippen molar-refractivity contribution < 1.29 is 0 Å². The SMILES string of the molecule is CCc1ccc(-c2cc(Cl)nc(N(C)C)c2)cc1. The van der Waals surface area contributed by atoms with E-state index >= 15 is 0 Å². The summed E-state index contributed by atoms with van der Waals surface area (Å²) in [4.78, 5) is 6.24. The van der Waals surface area contributed by atoms with Crippen LogP contribution in [0.3, 0.4) is 0 Å². The van der Waals surface area contributed by atoms with E-state index in [2.05, 4.69) is 36.2 Å². The van der Waals surface area contributed by atoms with Crippen LogP contribution in [0.4, 0.5) is 5.82 Å².